The van der Waals surface area contributed by atoms with Gasteiger partial charge in [-0.05, 0) is 43.0 Å². The van der Waals surface area contributed by atoms with Crippen LogP contribution in [0.2, 0.25) is 0 Å². The van der Waals surface area contributed by atoms with E-state index in [1.807, 2.05) is 36.4 Å². The molecule has 0 fully saturated rings. The number of carbonyl (C=O) groups excluding carboxylic acids is 2. The van der Waals surface area contributed by atoms with E-state index in [1.54, 1.807) is 12.1 Å². The highest BCUT2D eigenvalue weighted by molar-refractivity contribution is 5.96. The van der Waals surface area contributed by atoms with E-state index in [-0.39, 0.29) is 11.7 Å². The van der Waals surface area contributed by atoms with Crippen LogP contribution < -0.4 is 11.1 Å². The van der Waals surface area contributed by atoms with Crippen molar-refractivity contribution in [1.82, 2.24) is 0 Å². The minimum absolute atomic E-state index is 0.0182. The minimum atomic E-state index is -0.0182. The summed E-state index contributed by atoms with van der Waals surface area (Å²) in [6, 6.07) is 15.1. The van der Waals surface area contributed by atoms with E-state index in [9.17, 15) is 9.59 Å². The van der Waals surface area contributed by atoms with Gasteiger partial charge in [0.15, 0.2) is 5.78 Å². The highest BCUT2D eigenvalue weighted by atomic mass is 16.1. The Morgan fingerprint density at radius 3 is 2.38 bits per heavy atom. The number of ketones is 1. The first kappa shape index (κ1) is 19.7. The summed E-state index contributed by atoms with van der Waals surface area (Å²) < 4.78 is 0. The summed E-state index contributed by atoms with van der Waals surface area (Å²) in [6.45, 7) is 2.09. The van der Waals surface area contributed by atoms with E-state index in [4.69, 9.17) is 5.73 Å². The molecule has 0 spiro atoms. The number of amides is 1. The molecular formula is C22H28N2O2. The van der Waals surface area contributed by atoms with Gasteiger partial charge in [0.05, 0.1) is 11.4 Å². The SMILES string of the molecule is CCc1cccc(C(=O)CCCCCCC(=O)Nc2ccccc2N)c1. The molecule has 0 aliphatic carbocycles. The smallest absolute Gasteiger partial charge is 0.224 e. The van der Waals surface area contributed by atoms with Gasteiger partial charge in [0, 0.05) is 18.4 Å². The molecule has 2 rings (SSSR count). The maximum Gasteiger partial charge on any atom is 0.224 e. The topological polar surface area (TPSA) is 72.2 Å². The molecule has 3 N–H and O–H groups in total. The molecule has 0 aliphatic rings. The van der Waals surface area contributed by atoms with Crippen molar-refractivity contribution in [3.05, 3.63) is 59.7 Å². The van der Waals surface area contributed by atoms with Gasteiger partial charge in [-0.15, -0.1) is 0 Å². The average Bonchev–Trinajstić information content (AvgIpc) is 2.66. The van der Waals surface area contributed by atoms with Crippen LogP contribution in [0.3, 0.4) is 0 Å². The first-order chi connectivity index (χ1) is 12.6. The summed E-state index contributed by atoms with van der Waals surface area (Å²) in [4.78, 5) is 24.1. The maximum absolute atomic E-state index is 12.2. The third-order valence-electron chi connectivity index (χ3n) is 4.45. The standard InChI is InChI=1S/C22H28N2O2/c1-2-17-10-9-11-18(16-17)21(25)14-5-3-4-6-15-22(26)24-20-13-8-7-12-19(20)23/h7-13,16H,2-6,14-15,23H2,1H3,(H,24,26). The number of unbranched alkanes of at least 4 members (excludes halogenated alkanes) is 3. The van der Waals surface area contributed by atoms with Gasteiger partial charge in [-0.3, -0.25) is 9.59 Å². The molecule has 0 aromatic heterocycles. The first-order valence-corrected chi connectivity index (χ1v) is 9.36. The van der Waals surface area contributed by atoms with E-state index in [1.165, 1.54) is 5.56 Å². The molecule has 2 aromatic carbocycles. The number of para-hydroxylation sites is 2. The Morgan fingerprint density at radius 1 is 0.923 bits per heavy atom. The van der Waals surface area contributed by atoms with Crippen molar-refractivity contribution in [2.45, 2.75) is 51.9 Å². The van der Waals surface area contributed by atoms with E-state index >= 15 is 0 Å². The molecule has 0 aliphatic heterocycles. The van der Waals surface area contributed by atoms with Gasteiger partial charge in [-0.1, -0.05) is 50.1 Å². The summed E-state index contributed by atoms with van der Waals surface area (Å²) >= 11 is 0. The largest absolute Gasteiger partial charge is 0.397 e. The summed E-state index contributed by atoms with van der Waals surface area (Å²) in [5.74, 6) is 0.188. The van der Waals surface area contributed by atoms with Crippen LogP contribution in [-0.4, -0.2) is 11.7 Å². The molecule has 4 nitrogen and oxygen atoms in total. The monoisotopic (exact) mass is 352 g/mol. The molecule has 138 valence electrons. The number of nitrogens with one attached hydrogen (secondary N) is 1. The second kappa shape index (κ2) is 10.4. The number of nitrogen functional groups attached to an aromatic ring is 1. The van der Waals surface area contributed by atoms with Crippen molar-refractivity contribution in [2.24, 2.45) is 0 Å². The third kappa shape index (κ3) is 6.36. The van der Waals surface area contributed by atoms with E-state index in [0.29, 0.717) is 24.2 Å². The molecule has 0 heterocycles. The van der Waals surface area contributed by atoms with Crippen molar-refractivity contribution >= 4 is 23.1 Å². The predicted molar refractivity (Wildman–Crippen MR) is 107 cm³/mol. The molecular weight excluding hydrogens is 324 g/mol. The van der Waals surface area contributed by atoms with Crippen LogP contribution in [0.25, 0.3) is 0 Å². The fourth-order valence-corrected chi connectivity index (χ4v) is 2.86. The van der Waals surface area contributed by atoms with Crippen LogP contribution in [0.5, 0.6) is 0 Å². The lowest BCUT2D eigenvalue weighted by molar-refractivity contribution is -0.116. The molecule has 2 aromatic rings. The molecule has 0 atom stereocenters. The molecule has 26 heavy (non-hydrogen) atoms. The lowest BCUT2D eigenvalue weighted by Crippen LogP contribution is -2.12. The Bertz CT molecular complexity index is 740. The van der Waals surface area contributed by atoms with Gasteiger partial charge in [0.25, 0.3) is 0 Å². The molecule has 4 heteroatoms. The number of nitrogens with two attached hydrogens (primary N) is 1. The predicted octanol–water partition coefficient (Wildman–Crippen LogP) is 4.99. The van der Waals surface area contributed by atoms with E-state index in [0.717, 1.165) is 37.7 Å². The summed E-state index contributed by atoms with van der Waals surface area (Å²) in [7, 11) is 0. The van der Waals surface area contributed by atoms with Crippen molar-refractivity contribution in [3.8, 4) is 0 Å². The number of benzene rings is 2. The van der Waals surface area contributed by atoms with E-state index in [2.05, 4.69) is 12.2 Å². The Labute approximate surface area is 155 Å². The second-order valence-corrected chi connectivity index (χ2v) is 6.53. The van der Waals surface area contributed by atoms with Crippen LogP contribution in [0, 0.1) is 0 Å². The molecule has 0 saturated heterocycles. The number of anilines is 2. The number of carbonyl (C=O) groups is 2. The van der Waals surface area contributed by atoms with Crippen LogP contribution in [0.4, 0.5) is 11.4 Å². The zero-order valence-electron chi connectivity index (χ0n) is 15.5. The van der Waals surface area contributed by atoms with Gasteiger partial charge in [0.1, 0.15) is 0 Å². The van der Waals surface area contributed by atoms with Crippen molar-refractivity contribution in [3.63, 3.8) is 0 Å². The van der Waals surface area contributed by atoms with Crippen LogP contribution in [0.1, 0.15) is 61.4 Å². The molecule has 0 bridgehead atoms. The summed E-state index contributed by atoms with van der Waals surface area (Å²) in [5.41, 5.74) is 9.06. The maximum atomic E-state index is 12.2. The van der Waals surface area contributed by atoms with Crippen LogP contribution in [-0.2, 0) is 11.2 Å². The Kier molecular flexibility index (Phi) is 7.87. The van der Waals surface area contributed by atoms with Crippen molar-refractivity contribution in [1.29, 1.82) is 0 Å². The second-order valence-electron chi connectivity index (χ2n) is 6.53. The lowest BCUT2D eigenvalue weighted by Gasteiger charge is -2.07. The first-order valence-electron chi connectivity index (χ1n) is 9.36. The minimum Gasteiger partial charge on any atom is -0.397 e. The third-order valence-corrected chi connectivity index (χ3v) is 4.45. The molecule has 0 unspecified atom stereocenters. The summed E-state index contributed by atoms with van der Waals surface area (Å²) in [5, 5.41) is 2.83. The number of hydrogen-bond acceptors (Lipinski definition) is 3. The zero-order chi connectivity index (χ0) is 18.8. The quantitative estimate of drug-likeness (QED) is 0.359. The number of aryl methyl sites for hydroxylation is 1. The van der Waals surface area contributed by atoms with Gasteiger partial charge in [-0.25, -0.2) is 0 Å². The Morgan fingerprint density at radius 2 is 1.65 bits per heavy atom. The number of Topliss-reactive ketones (excluding diaryl/α,β-unsaturated/α-hetero) is 1. The van der Waals surface area contributed by atoms with E-state index < -0.39 is 0 Å². The lowest BCUT2D eigenvalue weighted by atomic mass is 10.0. The van der Waals surface area contributed by atoms with Crippen LogP contribution in [0.15, 0.2) is 48.5 Å². The highest BCUT2D eigenvalue weighted by Crippen LogP contribution is 2.17. The fourth-order valence-electron chi connectivity index (χ4n) is 2.86. The van der Waals surface area contributed by atoms with Crippen molar-refractivity contribution in [2.75, 3.05) is 11.1 Å². The normalized spacial score (nSPS) is 10.5. The zero-order valence-corrected chi connectivity index (χ0v) is 15.5. The summed E-state index contributed by atoms with van der Waals surface area (Å²) in [6.07, 6.45) is 5.57. The number of rotatable bonds is 10. The van der Waals surface area contributed by atoms with Gasteiger partial charge in [-0.2, -0.15) is 0 Å². The molecule has 0 saturated carbocycles. The molecule has 0 radical (unpaired) electrons. The molecule has 1 amide bonds. The van der Waals surface area contributed by atoms with Gasteiger partial charge < -0.3 is 11.1 Å². The number of hydrogen-bond donors (Lipinski definition) is 2. The fraction of sp³-hybridized carbons (Fsp3) is 0.364. The van der Waals surface area contributed by atoms with Gasteiger partial charge >= 0.3 is 0 Å². The van der Waals surface area contributed by atoms with Gasteiger partial charge in [0.2, 0.25) is 5.91 Å². The van der Waals surface area contributed by atoms with Crippen molar-refractivity contribution < 1.29 is 9.59 Å². The highest BCUT2D eigenvalue weighted by Gasteiger charge is 2.07. The van der Waals surface area contributed by atoms with Crippen LogP contribution >= 0.6 is 0 Å². The Hall–Kier alpha value is -2.62. The average molecular weight is 352 g/mol. The Balaban J connectivity index is 1.61.